The number of imidazole rings is 1. The first-order valence-electron chi connectivity index (χ1n) is 4.95. The Bertz CT molecular complexity index is 519. The summed E-state index contributed by atoms with van der Waals surface area (Å²) in [5, 5.41) is 8.85. The number of carboxylic acid groups (broad SMARTS) is 1. The first-order valence-corrected chi connectivity index (χ1v) is 4.95. The minimum atomic E-state index is -1.03. The van der Waals surface area contributed by atoms with Gasteiger partial charge in [0.2, 0.25) is 0 Å². The first-order chi connectivity index (χ1) is 7.72. The Morgan fingerprint density at radius 3 is 3.00 bits per heavy atom. The van der Waals surface area contributed by atoms with E-state index in [1.165, 1.54) is 6.07 Å². The molecule has 1 N–H and O–H groups in total. The van der Waals surface area contributed by atoms with Crippen LogP contribution in [0.1, 0.15) is 23.2 Å². The summed E-state index contributed by atoms with van der Waals surface area (Å²) >= 11 is 0. The summed E-state index contributed by atoms with van der Waals surface area (Å²) in [5.74, 6) is 0.407. The van der Waals surface area contributed by atoms with Crippen LogP contribution in [0, 0.1) is 0 Å². The average molecular weight is 217 g/mol. The van der Waals surface area contributed by atoms with Gasteiger partial charge in [0.25, 0.3) is 0 Å². The van der Waals surface area contributed by atoms with Crippen molar-refractivity contribution in [2.75, 3.05) is 0 Å². The average Bonchev–Trinajstić information content (AvgIpc) is 2.77. The molecule has 0 saturated carbocycles. The van der Waals surface area contributed by atoms with Crippen LogP contribution in [0.3, 0.4) is 0 Å². The van der Waals surface area contributed by atoms with Crippen LogP contribution in [0.4, 0.5) is 0 Å². The summed E-state index contributed by atoms with van der Waals surface area (Å²) in [6.45, 7) is 1.99. The highest BCUT2D eigenvalue weighted by Crippen LogP contribution is 2.09. The predicted octanol–water partition coefficient (Wildman–Crippen LogP) is 1.53. The number of hydrogen-bond acceptors (Lipinski definition) is 3. The lowest BCUT2D eigenvalue weighted by atomic mass is 10.3. The third-order valence-corrected chi connectivity index (χ3v) is 2.23. The number of aromatic carboxylic acids is 1. The largest absolute Gasteiger partial charge is 0.477 e. The molecule has 0 saturated heterocycles. The van der Waals surface area contributed by atoms with E-state index >= 15 is 0 Å². The molecule has 0 bridgehead atoms. The molecule has 0 spiro atoms. The van der Waals surface area contributed by atoms with E-state index in [2.05, 4.69) is 9.97 Å². The van der Waals surface area contributed by atoms with Gasteiger partial charge < -0.3 is 5.11 Å². The standard InChI is InChI=1S/C11H11N3O2/c1-2-9-12-6-7-14(9)10-5-3-4-8(13-10)11(15)16/h3-7H,2H2,1H3,(H,15,16). The summed E-state index contributed by atoms with van der Waals surface area (Å²) < 4.78 is 1.78. The maximum absolute atomic E-state index is 10.8. The van der Waals surface area contributed by atoms with E-state index in [1.807, 2.05) is 6.92 Å². The normalized spacial score (nSPS) is 10.3. The van der Waals surface area contributed by atoms with E-state index in [9.17, 15) is 4.79 Å². The lowest BCUT2D eigenvalue weighted by Gasteiger charge is -2.05. The van der Waals surface area contributed by atoms with Crippen LogP contribution in [0.5, 0.6) is 0 Å². The van der Waals surface area contributed by atoms with Crippen molar-refractivity contribution in [3.8, 4) is 5.82 Å². The first kappa shape index (κ1) is 10.4. The highest BCUT2D eigenvalue weighted by atomic mass is 16.4. The Kier molecular flexibility index (Phi) is 2.68. The monoisotopic (exact) mass is 217 g/mol. The third kappa shape index (κ3) is 1.79. The molecule has 0 amide bonds. The molecule has 0 aliphatic heterocycles. The van der Waals surface area contributed by atoms with Gasteiger partial charge in [-0.2, -0.15) is 0 Å². The number of pyridine rings is 1. The van der Waals surface area contributed by atoms with Crippen LogP contribution < -0.4 is 0 Å². The number of aromatic nitrogens is 3. The maximum Gasteiger partial charge on any atom is 0.354 e. The van der Waals surface area contributed by atoms with Crippen LogP contribution in [-0.2, 0) is 6.42 Å². The number of rotatable bonds is 3. The van der Waals surface area contributed by atoms with Gasteiger partial charge in [-0.3, -0.25) is 4.57 Å². The molecule has 0 fully saturated rings. The van der Waals surface area contributed by atoms with Gasteiger partial charge in [-0.1, -0.05) is 13.0 Å². The van der Waals surface area contributed by atoms with E-state index in [4.69, 9.17) is 5.11 Å². The molecule has 5 nitrogen and oxygen atoms in total. The quantitative estimate of drug-likeness (QED) is 0.846. The third-order valence-electron chi connectivity index (χ3n) is 2.23. The number of aryl methyl sites for hydroxylation is 1. The fourth-order valence-corrected chi connectivity index (χ4v) is 1.48. The molecule has 0 atom stereocenters. The summed E-state index contributed by atoms with van der Waals surface area (Å²) in [7, 11) is 0. The van der Waals surface area contributed by atoms with E-state index in [0.29, 0.717) is 5.82 Å². The van der Waals surface area contributed by atoms with E-state index < -0.39 is 5.97 Å². The van der Waals surface area contributed by atoms with Crippen LogP contribution in [0.25, 0.3) is 5.82 Å². The van der Waals surface area contributed by atoms with Crippen LogP contribution >= 0.6 is 0 Å². The lowest BCUT2D eigenvalue weighted by molar-refractivity contribution is 0.0690. The molecule has 0 unspecified atom stereocenters. The van der Waals surface area contributed by atoms with Gasteiger partial charge in [0.15, 0.2) is 5.69 Å². The van der Waals surface area contributed by atoms with Crippen molar-refractivity contribution < 1.29 is 9.90 Å². The van der Waals surface area contributed by atoms with Crippen molar-refractivity contribution in [3.63, 3.8) is 0 Å². The predicted molar refractivity (Wildman–Crippen MR) is 57.7 cm³/mol. The minimum absolute atomic E-state index is 0.0354. The number of carboxylic acids is 1. The van der Waals surface area contributed by atoms with Crippen molar-refractivity contribution in [2.45, 2.75) is 13.3 Å². The summed E-state index contributed by atoms with van der Waals surface area (Å²) in [4.78, 5) is 19.0. The van der Waals surface area contributed by atoms with Crippen molar-refractivity contribution in [3.05, 3.63) is 42.1 Å². The van der Waals surface area contributed by atoms with Gasteiger partial charge in [0.1, 0.15) is 11.6 Å². The van der Waals surface area contributed by atoms with Gasteiger partial charge in [-0.25, -0.2) is 14.8 Å². The molecule has 2 aromatic rings. The van der Waals surface area contributed by atoms with Crippen LogP contribution in [0.2, 0.25) is 0 Å². The molecule has 2 heterocycles. The molecule has 2 rings (SSSR count). The Balaban J connectivity index is 2.48. The number of carbonyl (C=O) groups is 1. The topological polar surface area (TPSA) is 68.0 Å². The minimum Gasteiger partial charge on any atom is -0.477 e. The van der Waals surface area contributed by atoms with Gasteiger partial charge in [-0.15, -0.1) is 0 Å². The van der Waals surface area contributed by atoms with Gasteiger partial charge >= 0.3 is 5.97 Å². The molecule has 0 aliphatic carbocycles. The van der Waals surface area contributed by atoms with Crippen molar-refractivity contribution in [1.29, 1.82) is 0 Å². The molecule has 0 aliphatic rings. The molecular formula is C11H11N3O2. The zero-order valence-electron chi connectivity index (χ0n) is 8.79. The maximum atomic E-state index is 10.8. The molecular weight excluding hydrogens is 206 g/mol. The summed E-state index contributed by atoms with van der Waals surface area (Å²) in [5.41, 5.74) is 0.0354. The van der Waals surface area contributed by atoms with Crippen molar-refractivity contribution in [2.24, 2.45) is 0 Å². The molecule has 2 aromatic heterocycles. The van der Waals surface area contributed by atoms with Crippen molar-refractivity contribution in [1.82, 2.24) is 14.5 Å². The second kappa shape index (κ2) is 4.14. The van der Waals surface area contributed by atoms with E-state index in [0.717, 1.165) is 12.2 Å². The Morgan fingerprint density at radius 1 is 1.50 bits per heavy atom. The molecule has 0 radical (unpaired) electrons. The van der Waals surface area contributed by atoms with Gasteiger partial charge in [-0.05, 0) is 12.1 Å². The van der Waals surface area contributed by atoms with E-state index in [1.54, 1.807) is 29.1 Å². The molecule has 82 valence electrons. The van der Waals surface area contributed by atoms with Crippen molar-refractivity contribution >= 4 is 5.97 Å². The molecule has 16 heavy (non-hydrogen) atoms. The smallest absolute Gasteiger partial charge is 0.354 e. The Labute approximate surface area is 92.4 Å². The zero-order valence-corrected chi connectivity index (χ0v) is 8.79. The second-order valence-corrected chi connectivity index (χ2v) is 3.25. The van der Waals surface area contributed by atoms with Crippen LogP contribution in [0.15, 0.2) is 30.6 Å². The van der Waals surface area contributed by atoms with Gasteiger partial charge in [0, 0.05) is 18.8 Å². The van der Waals surface area contributed by atoms with Crippen LogP contribution in [-0.4, -0.2) is 25.6 Å². The fourth-order valence-electron chi connectivity index (χ4n) is 1.48. The SMILES string of the molecule is CCc1nccn1-c1cccc(C(=O)O)n1. The number of nitrogens with zero attached hydrogens (tertiary/aromatic N) is 3. The Hall–Kier alpha value is -2.17. The highest BCUT2D eigenvalue weighted by Gasteiger charge is 2.08. The number of hydrogen-bond donors (Lipinski definition) is 1. The fraction of sp³-hybridized carbons (Fsp3) is 0.182. The second-order valence-electron chi connectivity index (χ2n) is 3.25. The molecule has 5 heteroatoms. The zero-order chi connectivity index (χ0) is 11.5. The van der Waals surface area contributed by atoms with E-state index in [-0.39, 0.29) is 5.69 Å². The lowest BCUT2D eigenvalue weighted by Crippen LogP contribution is -2.06. The molecule has 0 aromatic carbocycles. The Morgan fingerprint density at radius 2 is 2.31 bits per heavy atom. The highest BCUT2D eigenvalue weighted by molar-refractivity contribution is 5.85. The summed E-state index contributed by atoms with van der Waals surface area (Å²) in [6.07, 6.45) is 4.22. The summed E-state index contributed by atoms with van der Waals surface area (Å²) in [6, 6.07) is 4.90. The van der Waals surface area contributed by atoms with Gasteiger partial charge in [0.05, 0.1) is 0 Å².